The first-order chi connectivity index (χ1) is 4.15. The quantitative estimate of drug-likeness (QED) is 0.819. The van der Waals surface area contributed by atoms with Gasteiger partial charge in [0, 0.05) is 6.61 Å². The minimum atomic E-state index is -2.13. The van der Waals surface area contributed by atoms with Crippen molar-refractivity contribution in [1.29, 1.82) is 0 Å². The Labute approximate surface area is 74.6 Å². The van der Waals surface area contributed by atoms with Crippen molar-refractivity contribution in [2.45, 2.75) is 19.8 Å². The van der Waals surface area contributed by atoms with Gasteiger partial charge in [0.25, 0.3) is 0 Å². The predicted octanol–water partition coefficient (Wildman–Crippen LogP) is 2.84. The molecule has 0 spiro atoms. The molecule has 57 valence electrons. The van der Waals surface area contributed by atoms with Crippen LogP contribution < -0.4 is 0 Å². The Bertz CT molecular complexity index is 40.0. The first kappa shape index (κ1) is 13.3. The number of aliphatic hydroxyl groups excluding tert-OH is 1. The zero-order chi connectivity index (χ0) is 7.70. The number of hydrogen-bond acceptors (Lipinski definition) is 1. The normalized spacial score (nSPS) is 7.67. The fraction of sp³-hybridized carbons (Fsp3) is 1.00. The van der Waals surface area contributed by atoms with Gasteiger partial charge in [-0.05, 0) is 6.42 Å². The summed E-state index contributed by atoms with van der Waals surface area (Å²) in [6.45, 7) is 2.40. The van der Waals surface area contributed by atoms with E-state index in [0.717, 1.165) is 12.8 Å². The van der Waals surface area contributed by atoms with Crippen LogP contribution in [-0.4, -0.2) is 11.7 Å². The maximum absolute atomic E-state index is 8.07. The average molecular weight is 272 g/mol. The van der Waals surface area contributed by atoms with Crippen LogP contribution in [0.2, 0.25) is 0 Å². The molecule has 0 fully saturated rings. The molecule has 0 saturated heterocycles. The Morgan fingerprint density at radius 1 is 1.33 bits per heavy atom. The minimum absolute atomic E-state index is 0.344. The van der Waals surface area contributed by atoms with Crippen LogP contribution in [0.15, 0.2) is 0 Å². The van der Waals surface area contributed by atoms with Crippen LogP contribution in [0.5, 0.6) is 0 Å². The van der Waals surface area contributed by atoms with E-state index in [2.05, 4.69) is 6.92 Å². The van der Waals surface area contributed by atoms with Gasteiger partial charge in [0.2, 0.25) is 0 Å². The molecule has 0 aliphatic rings. The second kappa shape index (κ2) is 12.4. The summed E-state index contributed by atoms with van der Waals surface area (Å²) in [5.41, 5.74) is 0. The van der Waals surface area contributed by atoms with E-state index < -0.39 is 18.2 Å². The van der Waals surface area contributed by atoms with E-state index in [1.807, 2.05) is 0 Å². The first-order valence-corrected chi connectivity index (χ1v) is 12.1. The Morgan fingerprint density at radius 2 is 1.67 bits per heavy atom. The molecule has 9 heavy (non-hydrogen) atoms. The van der Waals surface area contributed by atoms with Crippen LogP contribution in [0.1, 0.15) is 19.8 Å². The molecular weight excluding hydrogens is 262 g/mol. The molecule has 0 aliphatic heterocycles. The van der Waals surface area contributed by atoms with Crippen molar-refractivity contribution in [3.63, 3.8) is 0 Å². The van der Waals surface area contributed by atoms with E-state index in [9.17, 15) is 0 Å². The van der Waals surface area contributed by atoms with E-state index >= 15 is 0 Å². The standard InChI is InChI=1S/C4H10O.3ClH.Zr/c1-2-3-4-5;;;;/h5H,2-4H2,1H3;3*1H;/q;;;;+3/p-3. The topological polar surface area (TPSA) is 20.2 Å². The van der Waals surface area contributed by atoms with Gasteiger partial charge >= 0.3 is 43.7 Å². The number of unbranched alkanes of at least 4 members (excludes halogenated alkanes) is 1. The van der Waals surface area contributed by atoms with E-state index in [-0.39, 0.29) is 0 Å². The van der Waals surface area contributed by atoms with Gasteiger partial charge in [-0.1, -0.05) is 13.3 Å². The molecule has 1 N–H and O–H groups in total. The summed E-state index contributed by atoms with van der Waals surface area (Å²) in [5.74, 6) is 0. The van der Waals surface area contributed by atoms with Crippen LogP contribution >= 0.6 is 25.5 Å². The molecule has 0 amide bonds. The van der Waals surface area contributed by atoms with Crippen molar-refractivity contribution in [3.8, 4) is 0 Å². The van der Waals surface area contributed by atoms with Crippen LogP contribution in [0.3, 0.4) is 0 Å². The Hall–Kier alpha value is 1.71. The second-order valence-electron chi connectivity index (χ2n) is 1.29. The summed E-state index contributed by atoms with van der Waals surface area (Å²) < 4.78 is 0. The molecule has 0 radical (unpaired) electrons. The fourth-order valence-electron chi connectivity index (χ4n) is 0.158. The molecule has 0 aromatic rings. The van der Waals surface area contributed by atoms with Gasteiger partial charge in [0.05, 0.1) is 0 Å². The number of rotatable bonds is 2. The molecule has 0 aromatic heterocycles. The number of hydrogen-bond donors (Lipinski definition) is 1. The number of halogens is 3. The van der Waals surface area contributed by atoms with Gasteiger partial charge < -0.3 is 5.11 Å². The van der Waals surface area contributed by atoms with Crippen molar-refractivity contribution in [1.82, 2.24) is 0 Å². The molecule has 0 rings (SSSR count). The number of aliphatic hydroxyl groups is 1. The van der Waals surface area contributed by atoms with Crippen LogP contribution in [0.4, 0.5) is 0 Å². The third kappa shape index (κ3) is 41.9. The van der Waals surface area contributed by atoms with Gasteiger partial charge in [0.1, 0.15) is 0 Å². The Morgan fingerprint density at radius 3 is 1.67 bits per heavy atom. The van der Waals surface area contributed by atoms with Crippen molar-refractivity contribution in [2.75, 3.05) is 6.61 Å². The van der Waals surface area contributed by atoms with Crippen LogP contribution in [-0.2, 0) is 18.2 Å². The van der Waals surface area contributed by atoms with Crippen LogP contribution in [0.25, 0.3) is 0 Å². The van der Waals surface area contributed by atoms with Gasteiger partial charge in [-0.2, -0.15) is 0 Å². The summed E-state index contributed by atoms with van der Waals surface area (Å²) in [5, 5.41) is 8.07. The SMILES string of the molecule is CCCCO.[Cl][Zr]([Cl])[Cl]. The summed E-state index contributed by atoms with van der Waals surface area (Å²) in [6, 6.07) is 0. The molecule has 0 aliphatic carbocycles. The van der Waals surface area contributed by atoms with Crippen LogP contribution in [0, 0.1) is 0 Å². The molecule has 1 nitrogen and oxygen atoms in total. The van der Waals surface area contributed by atoms with Crippen molar-refractivity contribution in [3.05, 3.63) is 0 Å². The zero-order valence-corrected chi connectivity index (χ0v) is 9.93. The maximum atomic E-state index is 8.07. The molecular formula is C4H10Cl3OZr. The molecule has 0 atom stereocenters. The van der Waals surface area contributed by atoms with Gasteiger partial charge in [0.15, 0.2) is 0 Å². The third-order valence-corrected chi connectivity index (χ3v) is 0.512. The van der Waals surface area contributed by atoms with Gasteiger partial charge in [-0.3, -0.25) is 0 Å². The molecule has 0 unspecified atom stereocenters. The molecule has 0 bridgehead atoms. The first-order valence-electron chi connectivity index (χ1n) is 2.59. The summed E-state index contributed by atoms with van der Waals surface area (Å²) in [4.78, 5) is 0. The molecule has 0 saturated carbocycles. The zero-order valence-electron chi connectivity index (χ0n) is 5.20. The average Bonchev–Trinajstić information content (AvgIpc) is 1.66. The van der Waals surface area contributed by atoms with E-state index in [1.54, 1.807) is 0 Å². The van der Waals surface area contributed by atoms with Crippen molar-refractivity contribution < 1.29 is 23.3 Å². The molecule has 5 heteroatoms. The Balaban J connectivity index is 0. The van der Waals surface area contributed by atoms with E-state index in [0.29, 0.717) is 6.61 Å². The van der Waals surface area contributed by atoms with Crippen molar-refractivity contribution >= 4 is 25.5 Å². The predicted molar refractivity (Wildman–Crippen MR) is 39.6 cm³/mol. The Kier molecular flexibility index (Phi) is 18.3. The molecule has 0 heterocycles. The summed E-state index contributed by atoms with van der Waals surface area (Å²) >= 11 is -2.13. The summed E-state index contributed by atoms with van der Waals surface area (Å²) in [6.07, 6.45) is 2.04. The summed E-state index contributed by atoms with van der Waals surface area (Å²) in [7, 11) is 15.0. The third-order valence-electron chi connectivity index (χ3n) is 0.512. The van der Waals surface area contributed by atoms with E-state index in [4.69, 9.17) is 30.6 Å². The van der Waals surface area contributed by atoms with Gasteiger partial charge in [-0.15, -0.1) is 0 Å². The van der Waals surface area contributed by atoms with E-state index in [1.165, 1.54) is 0 Å². The second-order valence-corrected chi connectivity index (χ2v) is 12.5. The van der Waals surface area contributed by atoms with Gasteiger partial charge in [-0.25, -0.2) is 0 Å². The fourth-order valence-corrected chi connectivity index (χ4v) is 0.158. The van der Waals surface area contributed by atoms with Crippen molar-refractivity contribution in [2.24, 2.45) is 0 Å². The monoisotopic (exact) mass is 269 g/mol. The molecule has 0 aromatic carbocycles.